The number of anilines is 1. The highest BCUT2D eigenvalue weighted by Crippen LogP contribution is 2.32. The van der Waals surface area contributed by atoms with Crippen LogP contribution in [0.5, 0.6) is 0 Å². The summed E-state index contributed by atoms with van der Waals surface area (Å²) in [6.07, 6.45) is 6.63. The van der Waals surface area contributed by atoms with Crippen molar-refractivity contribution in [2.45, 2.75) is 44.8 Å². The first-order chi connectivity index (χ1) is 14.3. The highest BCUT2D eigenvalue weighted by atomic mass is 32.1. The van der Waals surface area contributed by atoms with Gasteiger partial charge in [0.15, 0.2) is 5.13 Å². The molecule has 1 aromatic carbocycles. The number of aliphatic hydroxyl groups excluding tert-OH is 1. The minimum absolute atomic E-state index is 0.0688. The van der Waals surface area contributed by atoms with E-state index < -0.39 is 0 Å². The number of likely N-dealkylation sites (tertiary alicyclic amines) is 1. The fourth-order valence-corrected chi connectivity index (χ4v) is 5.58. The van der Waals surface area contributed by atoms with E-state index in [9.17, 15) is 5.11 Å². The van der Waals surface area contributed by atoms with Gasteiger partial charge in [0.1, 0.15) is 10.3 Å². The molecule has 5 nitrogen and oxygen atoms in total. The smallest absolute Gasteiger partial charge is 0.187 e. The molecule has 0 saturated carbocycles. The van der Waals surface area contributed by atoms with E-state index >= 15 is 0 Å². The molecular weight excluding hydrogens is 380 g/mol. The van der Waals surface area contributed by atoms with Gasteiger partial charge in [-0.3, -0.25) is 0 Å². The molecule has 29 heavy (non-hydrogen) atoms. The number of benzene rings is 1. The van der Waals surface area contributed by atoms with Crippen LogP contribution in [0.25, 0.3) is 21.6 Å². The average Bonchev–Trinajstić information content (AvgIpc) is 3.23. The number of thiazole rings is 1. The zero-order valence-corrected chi connectivity index (χ0v) is 17.6. The van der Waals surface area contributed by atoms with Crippen molar-refractivity contribution in [3.05, 3.63) is 42.0 Å². The molecule has 6 heteroatoms. The van der Waals surface area contributed by atoms with Crippen LogP contribution in [0, 0.1) is 0 Å². The molecule has 152 valence electrons. The first kappa shape index (κ1) is 19.0. The molecular formula is C23H28N4OS. The zero-order chi connectivity index (χ0) is 19.6. The summed E-state index contributed by atoms with van der Waals surface area (Å²) in [4.78, 5) is 15.9. The number of pyridine rings is 1. The number of rotatable bonds is 4. The van der Waals surface area contributed by atoms with E-state index in [1.165, 1.54) is 45.2 Å². The molecule has 2 saturated heterocycles. The van der Waals surface area contributed by atoms with Crippen LogP contribution in [0.3, 0.4) is 0 Å². The third-order valence-electron chi connectivity index (χ3n) is 6.32. The minimum atomic E-state index is 0.0688. The predicted octanol–water partition coefficient (Wildman–Crippen LogP) is 4.31. The van der Waals surface area contributed by atoms with Gasteiger partial charge in [-0.15, -0.1) is 0 Å². The van der Waals surface area contributed by atoms with Crippen LogP contribution in [0.15, 0.2) is 36.4 Å². The van der Waals surface area contributed by atoms with Gasteiger partial charge in [0.25, 0.3) is 0 Å². The fourth-order valence-electron chi connectivity index (χ4n) is 4.59. The number of aliphatic hydroxyl groups is 1. The molecule has 0 atom stereocenters. The number of aromatic nitrogens is 2. The van der Waals surface area contributed by atoms with Crippen LogP contribution < -0.4 is 4.90 Å². The Labute approximate surface area is 176 Å². The lowest BCUT2D eigenvalue weighted by Gasteiger charge is -2.40. The summed E-state index contributed by atoms with van der Waals surface area (Å²) in [6, 6.07) is 12.8. The topological polar surface area (TPSA) is 52.5 Å². The number of fused-ring (bicyclic) bond motifs is 1. The molecule has 4 heterocycles. The molecule has 1 N–H and O–H groups in total. The van der Waals surface area contributed by atoms with E-state index in [4.69, 9.17) is 9.97 Å². The van der Waals surface area contributed by atoms with Crippen molar-refractivity contribution in [2.75, 3.05) is 31.1 Å². The lowest BCUT2D eigenvalue weighted by molar-refractivity contribution is 0.141. The lowest BCUT2D eigenvalue weighted by atomic mass is 10.0. The molecule has 0 radical (unpaired) electrons. The quantitative estimate of drug-likeness (QED) is 0.697. The van der Waals surface area contributed by atoms with E-state index in [1.54, 1.807) is 11.3 Å². The number of hydrogen-bond donors (Lipinski definition) is 1. The molecule has 2 aliphatic heterocycles. The normalized spacial score (nSPS) is 19.1. The van der Waals surface area contributed by atoms with Crippen LogP contribution >= 0.6 is 11.3 Å². The van der Waals surface area contributed by atoms with Gasteiger partial charge < -0.3 is 14.9 Å². The summed E-state index contributed by atoms with van der Waals surface area (Å²) in [5, 5.41) is 10.3. The van der Waals surface area contributed by atoms with Gasteiger partial charge in [0, 0.05) is 24.7 Å². The van der Waals surface area contributed by atoms with Gasteiger partial charge in [-0.05, 0) is 56.5 Å². The van der Waals surface area contributed by atoms with Crippen LogP contribution in [0.1, 0.15) is 37.7 Å². The van der Waals surface area contributed by atoms with Gasteiger partial charge in [-0.2, -0.15) is 0 Å². The maximum absolute atomic E-state index is 9.23. The van der Waals surface area contributed by atoms with E-state index in [1.807, 2.05) is 30.3 Å². The summed E-state index contributed by atoms with van der Waals surface area (Å²) in [6.45, 7) is 4.84. The van der Waals surface area contributed by atoms with Crippen molar-refractivity contribution in [3.63, 3.8) is 0 Å². The van der Waals surface area contributed by atoms with E-state index in [0.717, 1.165) is 51.4 Å². The van der Waals surface area contributed by atoms with Gasteiger partial charge >= 0.3 is 0 Å². The maximum atomic E-state index is 9.23. The summed E-state index contributed by atoms with van der Waals surface area (Å²) in [5.74, 6) is 0. The van der Waals surface area contributed by atoms with Crippen LogP contribution in [0.4, 0.5) is 5.13 Å². The molecule has 0 amide bonds. The Kier molecular flexibility index (Phi) is 5.48. The minimum Gasteiger partial charge on any atom is -0.392 e. The Morgan fingerprint density at radius 3 is 2.38 bits per heavy atom. The fraction of sp³-hybridized carbons (Fsp3) is 0.478. The highest BCUT2D eigenvalue weighted by molar-refractivity contribution is 7.21. The van der Waals surface area contributed by atoms with Crippen molar-refractivity contribution in [1.29, 1.82) is 0 Å². The van der Waals surface area contributed by atoms with Crippen molar-refractivity contribution >= 4 is 26.8 Å². The van der Waals surface area contributed by atoms with Gasteiger partial charge in [0.05, 0.1) is 12.3 Å². The van der Waals surface area contributed by atoms with Crippen molar-refractivity contribution in [2.24, 2.45) is 0 Å². The highest BCUT2D eigenvalue weighted by Gasteiger charge is 2.27. The van der Waals surface area contributed by atoms with Crippen LogP contribution in [-0.4, -0.2) is 52.2 Å². The van der Waals surface area contributed by atoms with E-state index in [2.05, 4.69) is 15.9 Å². The van der Waals surface area contributed by atoms with E-state index in [-0.39, 0.29) is 6.61 Å². The van der Waals surface area contributed by atoms with Crippen molar-refractivity contribution < 1.29 is 5.11 Å². The summed E-state index contributed by atoms with van der Waals surface area (Å²) in [7, 11) is 0. The number of nitrogens with zero attached hydrogens (tertiary/aromatic N) is 4. The monoisotopic (exact) mass is 408 g/mol. The lowest BCUT2D eigenvalue weighted by Crippen LogP contribution is -2.46. The van der Waals surface area contributed by atoms with Gasteiger partial charge in [0.2, 0.25) is 0 Å². The van der Waals surface area contributed by atoms with Crippen LogP contribution in [0.2, 0.25) is 0 Å². The zero-order valence-electron chi connectivity index (χ0n) is 16.8. The molecule has 0 aliphatic carbocycles. The molecule has 3 aromatic rings. The van der Waals surface area contributed by atoms with Crippen molar-refractivity contribution in [3.8, 4) is 11.3 Å². The SMILES string of the molecule is OCc1ccc(-c2ccc3nc(N4CCC(N5CCCCC5)CC4)sc3n2)cc1. The third kappa shape index (κ3) is 4.02. The van der Waals surface area contributed by atoms with Gasteiger partial charge in [-0.1, -0.05) is 42.0 Å². The molecule has 2 fully saturated rings. The second-order valence-corrected chi connectivity index (χ2v) is 9.14. The maximum Gasteiger partial charge on any atom is 0.187 e. The number of piperidine rings is 2. The predicted molar refractivity (Wildman–Crippen MR) is 119 cm³/mol. The first-order valence-electron chi connectivity index (χ1n) is 10.8. The second kappa shape index (κ2) is 8.38. The first-order valence-corrected chi connectivity index (χ1v) is 11.6. The largest absolute Gasteiger partial charge is 0.392 e. The summed E-state index contributed by atoms with van der Waals surface area (Å²) in [5.41, 5.74) is 3.93. The Bertz CT molecular complexity index is 957. The Morgan fingerprint density at radius 1 is 0.897 bits per heavy atom. The number of hydrogen-bond acceptors (Lipinski definition) is 6. The third-order valence-corrected chi connectivity index (χ3v) is 7.34. The standard InChI is InChI=1S/C23H28N4OS/c28-16-17-4-6-18(7-5-17)20-8-9-21-22(24-20)29-23(25-21)27-14-10-19(11-15-27)26-12-2-1-3-13-26/h4-9,19,28H,1-3,10-16H2. The molecule has 0 unspecified atom stereocenters. The Hall–Kier alpha value is -2.02. The summed E-state index contributed by atoms with van der Waals surface area (Å²) < 4.78 is 0. The van der Waals surface area contributed by atoms with E-state index in [0.29, 0.717) is 0 Å². The van der Waals surface area contributed by atoms with Crippen molar-refractivity contribution in [1.82, 2.24) is 14.9 Å². The molecule has 0 spiro atoms. The van der Waals surface area contributed by atoms with Crippen LogP contribution in [-0.2, 0) is 6.61 Å². The molecule has 0 bridgehead atoms. The second-order valence-electron chi connectivity index (χ2n) is 8.19. The molecule has 2 aromatic heterocycles. The molecule has 2 aliphatic rings. The average molecular weight is 409 g/mol. The summed E-state index contributed by atoms with van der Waals surface area (Å²) >= 11 is 1.71. The van der Waals surface area contributed by atoms with Gasteiger partial charge in [-0.25, -0.2) is 9.97 Å². The Morgan fingerprint density at radius 2 is 1.66 bits per heavy atom. The Balaban J connectivity index is 1.30. The molecule has 5 rings (SSSR count).